The number of halogens is 2. The van der Waals surface area contributed by atoms with Gasteiger partial charge in [0.05, 0.1) is 29.9 Å². The van der Waals surface area contributed by atoms with Gasteiger partial charge in [-0.05, 0) is 18.6 Å². The Hall–Kier alpha value is -4.22. The van der Waals surface area contributed by atoms with Crippen LogP contribution in [0.3, 0.4) is 0 Å². The lowest BCUT2D eigenvalue weighted by Gasteiger charge is -2.23. The summed E-state index contributed by atoms with van der Waals surface area (Å²) < 4.78 is 35.5. The van der Waals surface area contributed by atoms with E-state index in [2.05, 4.69) is 5.32 Å². The fraction of sp³-hybridized carbons (Fsp3) is 0.360. The zero-order valence-electron chi connectivity index (χ0n) is 20.2. The fourth-order valence-corrected chi connectivity index (χ4v) is 4.83. The Bertz CT molecular complexity index is 1240. The third-order valence-corrected chi connectivity index (χ3v) is 6.69. The molecule has 37 heavy (non-hydrogen) atoms. The van der Waals surface area contributed by atoms with E-state index in [0.717, 1.165) is 21.9 Å². The lowest BCUT2D eigenvalue weighted by Crippen LogP contribution is -2.42. The molecular weight excluding hydrogens is 488 g/mol. The number of urea groups is 1. The van der Waals surface area contributed by atoms with Gasteiger partial charge in [0.1, 0.15) is 11.8 Å². The molecule has 2 unspecified atom stereocenters. The highest BCUT2D eigenvalue weighted by atomic mass is 19.1. The zero-order valence-corrected chi connectivity index (χ0v) is 20.2. The van der Waals surface area contributed by atoms with E-state index in [9.17, 15) is 19.2 Å². The largest absolute Gasteiger partial charge is 0.442 e. The Morgan fingerprint density at radius 3 is 2.27 bits per heavy atom. The van der Waals surface area contributed by atoms with Crippen molar-refractivity contribution in [1.29, 1.82) is 0 Å². The van der Waals surface area contributed by atoms with Crippen molar-refractivity contribution in [1.82, 2.24) is 15.1 Å². The van der Waals surface area contributed by atoms with E-state index in [-0.39, 0.29) is 54.2 Å². The highest BCUT2D eigenvalue weighted by Crippen LogP contribution is 2.33. The molecule has 2 saturated heterocycles. The van der Waals surface area contributed by atoms with Crippen molar-refractivity contribution in [2.45, 2.75) is 18.6 Å². The standard InChI is InChI=1S/C25H25F2N5O5/c1-29(2)24(35)28-14-7-8-30(11-14)21-19(26)9-15(10-20(21)27)31-12-16(37-25(31)36)13-32-22(33)17-5-3-4-6-18(17)23(32)34/h3-6,9-10,14,16H,7-8,11-13H2,1-2H3,(H,28,35). The SMILES string of the molecule is CN(C)C(=O)NC1CCN(c2c(F)cc(N3CC(CN4C(=O)c5ccccc5C4=O)OC3=O)cc2F)C1. The molecule has 5 amide bonds. The van der Waals surface area contributed by atoms with Crippen molar-refractivity contribution in [3.63, 3.8) is 0 Å². The predicted molar refractivity (Wildman–Crippen MR) is 129 cm³/mol. The molecule has 12 heteroatoms. The molecule has 3 heterocycles. The van der Waals surface area contributed by atoms with Gasteiger partial charge in [0.15, 0.2) is 11.6 Å². The maximum Gasteiger partial charge on any atom is 0.414 e. The number of cyclic esters (lactones) is 1. The number of nitrogens with one attached hydrogen (secondary N) is 1. The topological polar surface area (TPSA) is 103 Å². The molecular formula is C25H25F2N5O5. The van der Waals surface area contributed by atoms with Gasteiger partial charge >= 0.3 is 12.1 Å². The van der Waals surface area contributed by atoms with Crippen LogP contribution in [0.15, 0.2) is 36.4 Å². The van der Waals surface area contributed by atoms with Crippen molar-refractivity contribution in [2.24, 2.45) is 0 Å². The van der Waals surface area contributed by atoms with Gasteiger partial charge < -0.3 is 19.9 Å². The Balaban J connectivity index is 1.27. The molecule has 0 spiro atoms. The summed E-state index contributed by atoms with van der Waals surface area (Å²) in [5, 5.41) is 2.80. The van der Waals surface area contributed by atoms with E-state index in [4.69, 9.17) is 4.74 Å². The summed E-state index contributed by atoms with van der Waals surface area (Å²) in [5.41, 5.74) is 0.281. The summed E-state index contributed by atoms with van der Waals surface area (Å²) in [6, 6.07) is 7.96. The molecule has 1 N–H and O–H groups in total. The molecule has 2 fully saturated rings. The number of carbonyl (C=O) groups is 4. The van der Waals surface area contributed by atoms with E-state index in [0.29, 0.717) is 13.0 Å². The molecule has 2 aromatic rings. The van der Waals surface area contributed by atoms with E-state index in [1.807, 2.05) is 0 Å². The summed E-state index contributed by atoms with van der Waals surface area (Å²) >= 11 is 0. The van der Waals surface area contributed by atoms with Crippen LogP contribution >= 0.6 is 0 Å². The van der Waals surface area contributed by atoms with E-state index in [1.54, 1.807) is 38.4 Å². The molecule has 0 bridgehead atoms. The summed E-state index contributed by atoms with van der Waals surface area (Å²) in [4.78, 5) is 54.6. The fourth-order valence-electron chi connectivity index (χ4n) is 4.83. The summed E-state index contributed by atoms with van der Waals surface area (Å²) in [7, 11) is 3.21. The number of ether oxygens (including phenoxy) is 1. The number of carbonyl (C=O) groups excluding carboxylic acids is 4. The lowest BCUT2D eigenvalue weighted by molar-refractivity contribution is 0.0558. The molecule has 10 nitrogen and oxygen atoms in total. The smallest absolute Gasteiger partial charge is 0.414 e. The van der Waals surface area contributed by atoms with Gasteiger partial charge in [-0.3, -0.25) is 19.4 Å². The van der Waals surface area contributed by atoms with Crippen LogP contribution in [-0.2, 0) is 4.74 Å². The number of amides is 5. The van der Waals surface area contributed by atoms with Gasteiger partial charge in [0.25, 0.3) is 11.8 Å². The maximum atomic E-state index is 15.1. The highest BCUT2D eigenvalue weighted by molar-refractivity contribution is 6.21. The number of imide groups is 1. The Labute approximate surface area is 211 Å². The number of nitrogens with zero attached hydrogens (tertiary/aromatic N) is 4. The first-order valence-electron chi connectivity index (χ1n) is 11.8. The number of anilines is 2. The molecule has 0 aliphatic carbocycles. The zero-order chi connectivity index (χ0) is 26.4. The van der Waals surface area contributed by atoms with Crippen molar-refractivity contribution in [2.75, 3.05) is 50.1 Å². The third kappa shape index (κ3) is 4.43. The number of benzene rings is 2. The van der Waals surface area contributed by atoms with Crippen molar-refractivity contribution in [3.8, 4) is 0 Å². The van der Waals surface area contributed by atoms with Crippen LogP contribution < -0.4 is 15.1 Å². The highest BCUT2D eigenvalue weighted by Gasteiger charge is 2.41. The van der Waals surface area contributed by atoms with Crippen LogP contribution in [0.2, 0.25) is 0 Å². The van der Waals surface area contributed by atoms with Crippen LogP contribution in [0.4, 0.5) is 29.7 Å². The number of hydrogen-bond donors (Lipinski definition) is 1. The van der Waals surface area contributed by atoms with Gasteiger partial charge in [-0.1, -0.05) is 12.1 Å². The van der Waals surface area contributed by atoms with Crippen LogP contribution in [0.25, 0.3) is 0 Å². The summed E-state index contributed by atoms with van der Waals surface area (Å²) in [6.45, 7) is 0.318. The molecule has 2 aromatic carbocycles. The van der Waals surface area contributed by atoms with Crippen molar-refractivity contribution < 1.29 is 32.7 Å². The Kier molecular flexibility index (Phi) is 6.18. The summed E-state index contributed by atoms with van der Waals surface area (Å²) in [6.07, 6.45) is -1.17. The first kappa shape index (κ1) is 24.5. The first-order chi connectivity index (χ1) is 17.6. The van der Waals surface area contributed by atoms with Gasteiger partial charge in [-0.2, -0.15) is 0 Å². The van der Waals surface area contributed by atoms with Gasteiger partial charge in [0, 0.05) is 45.4 Å². The van der Waals surface area contributed by atoms with Crippen LogP contribution in [0, 0.1) is 11.6 Å². The Morgan fingerprint density at radius 1 is 1.05 bits per heavy atom. The second-order valence-corrected chi connectivity index (χ2v) is 9.42. The van der Waals surface area contributed by atoms with E-state index >= 15 is 8.78 Å². The molecule has 3 aliphatic rings. The average molecular weight is 514 g/mol. The quantitative estimate of drug-likeness (QED) is 0.617. The van der Waals surface area contributed by atoms with Crippen LogP contribution in [0.5, 0.6) is 0 Å². The van der Waals surface area contributed by atoms with Crippen molar-refractivity contribution >= 4 is 35.3 Å². The van der Waals surface area contributed by atoms with Crippen LogP contribution in [-0.4, -0.2) is 86.2 Å². The molecule has 5 rings (SSSR count). The van der Waals surface area contributed by atoms with E-state index in [1.165, 1.54) is 9.80 Å². The second kappa shape index (κ2) is 9.34. The Morgan fingerprint density at radius 2 is 1.68 bits per heavy atom. The lowest BCUT2D eigenvalue weighted by atomic mass is 10.1. The number of fused-ring (bicyclic) bond motifs is 1. The predicted octanol–water partition coefficient (Wildman–Crippen LogP) is 2.44. The van der Waals surface area contributed by atoms with Crippen LogP contribution in [0.1, 0.15) is 27.1 Å². The molecule has 0 saturated carbocycles. The minimum absolute atomic E-state index is 0.0368. The first-order valence-corrected chi connectivity index (χ1v) is 11.8. The maximum absolute atomic E-state index is 15.1. The van der Waals surface area contributed by atoms with Gasteiger partial charge in [-0.25, -0.2) is 18.4 Å². The average Bonchev–Trinajstić information content (AvgIpc) is 3.52. The molecule has 2 atom stereocenters. The molecule has 0 aromatic heterocycles. The minimum Gasteiger partial charge on any atom is -0.442 e. The molecule has 194 valence electrons. The van der Waals surface area contributed by atoms with Gasteiger partial charge in [-0.15, -0.1) is 0 Å². The normalized spacial score (nSPS) is 21.0. The molecule has 0 radical (unpaired) electrons. The minimum atomic E-state index is -0.861. The van der Waals surface area contributed by atoms with E-state index < -0.39 is 35.6 Å². The number of rotatable bonds is 5. The monoisotopic (exact) mass is 513 g/mol. The summed E-state index contributed by atoms with van der Waals surface area (Å²) in [5.74, 6) is -2.68. The number of hydrogen-bond acceptors (Lipinski definition) is 6. The molecule has 3 aliphatic heterocycles. The third-order valence-electron chi connectivity index (χ3n) is 6.69. The second-order valence-electron chi connectivity index (χ2n) is 9.42. The van der Waals surface area contributed by atoms with Gasteiger partial charge in [0.2, 0.25) is 0 Å². The van der Waals surface area contributed by atoms with Crippen molar-refractivity contribution in [3.05, 3.63) is 59.2 Å².